The Balaban J connectivity index is 3.25. The van der Waals surface area contributed by atoms with E-state index in [0.29, 0.717) is 6.42 Å². The van der Waals surface area contributed by atoms with Crippen LogP contribution in [-0.2, 0) is 4.79 Å². The molecule has 0 heterocycles. The number of aliphatic carboxylic acids is 1. The van der Waals surface area contributed by atoms with Gasteiger partial charge in [-0.25, -0.2) is 0 Å². The normalized spacial score (nSPS) is 12.9. The molecule has 0 bridgehead atoms. The topological polar surface area (TPSA) is 37.3 Å². The SMILES string of the molecule is CCCCC=CCCCCC(C)CCCCCC(=O)O. The van der Waals surface area contributed by atoms with Crippen LogP contribution in [0.4, 0.5) is 0 Å². The van der Waals surface area contributed by atoms with E-state index in [1.54, 1.807) is 0 Å². The molecule has 2 heteroatoms. The molecule has 0 aliphatic heterocycles. The molecule has 20 heavy (non-hydrogen) atoms. The number of carboxylic acid groups (broad SMARTS) is 1. The predicted molar refractivity (Wildman–Crippen MR) is 87.0 cm³/mol. The van der Waals surface area contributed by atoms with Crippen LogP contribution in [0.25, 0.3) is 0 Å². The average molecular weight is 282 g/mol. The minimum absolute atomic E-state index is 0.332. The Labute approximate surface area is 125 Å². The molecule has 0 fully saturated rings. The van der Waals surface area contributed by atoms with Crippen molar-refractivity contribution in [3.63, 3.8) is 0 Å². The molecule has 1 unspecified atom stereocenters. The minimum Gasteiger partial charge on any atom is -0.481 e. The quantitative estimate of drug-likeness (QED) is 0.315. The third-order valence-corrected chi connectivity index (χ3v) is 3.80. The molecule has 0 saturated heterocycles. The molecule has 0 amide bonds. The van der Waals surface area contributed by atoms with Crippen LogP contribution in [0.15, 0.2) is 12.2 Å². The first-order valence-electron chi connectivity index (χ1n) is 8.53. The molecule has 118 valence electrons. The van der Waals surface area contributed by atoms with Crippen LogP contribution in [0.1, 0.15) is 90.9 Å². The van der Waals surface area contributed by atoms with E-state index in [1.165, 1.54) is 57.8 Å². The van der Waals surface area contributed by atoms with Gasteiger partial charge >= 0.3 is 5.97 Å². The molecule has 0 aromatic rings. The smallest absolute Gasteiger partial charge is 0.303 e. The number of rotatable bonds is 14. The van der Waals surface area contributed by atoms with Gasteiger partial charge in [0, 0.05) is 6.42 Å². The van der Waals surface area contributed by atoms with Crippen molar-refractivity contribution >= 4 is 5.97 Å². The van der Waals surface area contributed by atoms with Crippen molar-refractivity contribution in [2.24, 2.45) is 5.92 Å². The first-order chi connectivity index (χ1) is 9.66. The highest BCUT2D eigenvalue weighted by atomic mass is 16.4. The number of hydrogen-bond acceptors (Lipinski definition) is 1. The fraction of sp³-hybridized carbons (Fsp3) is 0.833. The van der Waals surface area contributed by atoms with Crippen molar-refractivity contribution in [1.82, 2.24) is 0 Å². The van der Waals surface area contributed by atoms with E-state index in [0.717, 1.165) is 18.8 Å². The Kier molecular flexibility index (Phi) is 14.0. The van der Waals surface area contributed by atoms with Crippen molar-refractivity contribution in [3.05, 3.63) is 12.2 Å². The summed E-state index contributed by atoms with van der Waals surface area (Å²) in [6, 6.07) is 0. The van der Waals surface area contributed by atoms with Gasteiger partial charge in [-0.3, -0.25) is 4.79 Å². The monoisotopic (exact) mass is 282 g/mol. The molecule has 0 rings (SSSR count). The molecule has 1 atom stereocenters. The van der Waals surface area contributed by atoms with E-state index in [4.69, 9.17) is 5.11 Å². The number of hydrogen-bond donors (Lipinski definition) is 1. The van der Waals surface area contributed by atoms with Crippen LogP contribution in [-0.4, -0.2) is 11.1 Å². The molecule has 0 saturated carbocycles. The van der Waals surface area contributed by atoms with Gasteiger partial charge in [-0.15, -0.1) is 0 Å². The third-order valence-electron chi connectivity index (χ3n) is 3.80. The van der Waals surface area contributed by atoms with Gasteiger partial charge in [-0.05, 0) is 31.6 Å². The molecule has 2 nitrogen and oxygen atoms in total. The first kappa shape index (κ1) is 19.2. The lowest BCUT2D eigenvalue weighted by Gasteiger charge is -2.10. The van der Waals surface area contributed by atoms with Gasteiger partial charge in [0.05, 0.1) is 0 Å². The van der Waals surface area contributed by atoms with Crippen molar-refractivity contribution in [2.45, 2.75) is 90.9 Å². The van der Waals surface area contributed by atoms with Crippen molar-refractivity contribution in [3.8, 4) is 0 Å². The Morgan fingerprint density at radius 2 is 1.55 bits per heavy atom. The molecule has 0 aromatic carbocycles. The van der Waals surface area contributed by atoms with Gasteiger partial charge in [0.15, 0.2) is 0 Å². The van der Waals surface area contributed by atoms with Crippen LogP contribution >= 0.6 is 0 Å². The predicted octanol–water partition coefficient (Wildman–Crippen LogP) is 5.96. The van der Waals surface area contributed by atoms with Crippen molar-refractivity contribution < 1.29 is 9.90 Å². The second-order valence-corrected chi connectivity index (χ2v) is 6.00. The second kappa shape index (κ2) is 14.6. The summed E-state index contributed by atoms with van der Waals surface area (Å²) in [5.41, 5.74) is 0. The zero-order chi connectivity index (χ0) is 15.1. The summed E-state index contributed by atoms with van der Waals surface area (Å²) in [5.74, 6) is 0.133. The highest BCUT2D eigenvalue weighted by Gasteiger charge is 2.02. The lowest BCUT2D eigenvalue weighted by atomic mass is 9.96. The summed E-state index contributed by atoms with van der Waals surface area (Å²) in [7, 11) is 0. The van der Waals surface area contributed by atoms with Gasteiger partial charge in [0.25, 0.3) is 0 Å². The highest BCUT2D eigenvalue weighted by molar-refractivity contribution is 5.66. The van der Waals surface area contributed by atoms with E-state index < -0.39 is 5.97 Å². The lowest BCUT2D eigenvalue weighted by molar-refractivity contribution is -0.137. The van der Waals surface area contributed by atoms with Crippen LogP contribution in [0, 0.1) is 5.92 Å². The molecule has 0 radical (unpaired) electrons. The van der Waals surface area contributed by atoms with Gasteiger partial charge < -0.3 is 5.11 Å². The maximum atomic E-state index is 10.4. The average Bonchev–Trinajstić information content (AvgIpc) is 2.41. The van der Waals surface area contributed by atoms with Gasteiger partial charge in [0.2, 0.25) is 0 Å². The number of unbranched alkanes of at least 4 members (excludes halogenated alkanes) is 6. The molecule has 0 aliphatic carbocycles. The van der Waals surface area contributed by atoms with E-state index in [2.05, 4.69) is 26.0 Å². The van der Waals surface area contributed by atoms with Gasteiger partial charge in [-0.1, -0.05) is 70.9 Å². The van der Waals surface area contributed by atoms with Crippen molar-refractivity contribution in [1.29, 1.82) is 0 Å². The summed E-state index contributed by atoms with van der Waals surface area (Å²) >= 11 is 0. The van der Waals surface area contributed by atoms with Crippen LogP contribution in [0.2, 0.25) is 0 Å². The van der Waals surface area contributed by atoms with Gasteiger partial charge in [0.1, 0.15) is 0 Å². The Bertz CT molecular complexity index is 246. The maximum Gasteiger partial charge on any atom is 0.303 e. The van der Waals surface area contributed by atoms with E-state index in [-0.39, 0.29) is 0 Å². The van der Waals surface area contributed by atoms with E-state index in [9.17, 15) is 4.79 Å². The second-order valence-electron chi connectivity index (χ2n) is 6.00. The number of allylic oxidation sites excluding steroid dienone is 2. The fourth-order valence-corrected chi connectivity index (χ4v) is 2.40. The third kappa shape index (κ3) is 15.3. The summed E-state index contributed by atoms with van der Waals surface area (Å²) in [5, 5.41) is 8.55. The summed E-state index contributed by atoms with van der Waals surface area (Å²) < 4.78 is 0. The fourth-order valence-electron chi connectivity index (χ4n) is 2.40. The highest BCUT2D eigenvalue weighted by Crippen LogP contribution is 2.17. The zero-order valence-corrected chi connectivity index (χ0v) is 13.6. The summed E-state index contributed by atoms with van der Waals surface area (Å²) in [4.78, 5) is 10.4. The minimum atomic E-state index is -0.662. The zero-order valence-electron chi connectivity index (χ0n) is 13.6. The van der Waals surface area contributed by atoms with Crippen molar-refractivity contribution in [2.75, 3.05) is 0 Å². The van der Waals surface area contributed by atoms with Crippen LogP contribution < -0.4 is 0 Å². The molecule has 0 aromatic heterocycles. The maximum absolute atomic E-state index is 10.4. The molecular formula is C18H34O2. The Hall–Kier alpha value is -0.790. The lowest BCUT2D eigenvalue weighted by Crippen LogP contribution is -1.97. The molecular weight excluding hydrogens is 248 g/mol. The molecule has 1 N–H and O–H groups in total. The van der Waals surface area contributed by atoms with Gasteiger partial charge in [-0.2, -0.15) is 0 Å². The van der Waals surface area contributed by atoms with E-state index in [1.807, 2.05) is 0 Å². The molecule has 0 aliphatic rings. The molecule has 0 spiro atoms. The Morgan fingerprint density at radius 3 is 2.15 bits per heavy atom. The Morgan fingerprint density at radius 1 is 0.950 bits per heavy atom. The van der Waals surface area contributed by atoms with E-state index >= 15 is 0 Å². The van der Waals surface area contributed by atoms with Crippen LogP contribution in [0.3, 0.4) is 0 Å². The largest absolute Gasteiger partial charge is 0.481 e. The van der Waals surface area contributed by atoms with Crippen LogP contribution in [0.5, 0.6) is 0 Å². The summed E-state index contributed by atoms with van der Waals surface area (Å²) in [6.07, 6.45) is 18.4. The summed E-state index contributed by atoms with van der Waals surface area (Å²) in [6.45, 7) is 4.56. The number of carboxylic acids is 1. The first-order valence-corrected chi connectivity index (χ1v) is 8.53. The standard InChI is InChI=1S/C18H34O2/c1-3-4-5-6-7-8-9-11-14-17(2)15-12-10-13-16-18(19)20/h6-7,17H,3-5,8-16H2,1-2H3,(H,19,20). The number of carbonyl (C=O) groups is 1.